The smallest absolute Gasteiger partial charge is 0.283 e. The molecular weight excluding hydrogens is 390 g/mol. The predicted octanol–water partition coefficient (Wildman–Crippen LogP) is 2.37. The Hall–Kier alpha value is -1.18. The first-order chi connectivity index (χ1) is 9.61. The van der Waals surface area contributed by atoms with E-state index < -0.39 is 0 Å². The monoisotopic (exact) mass is 401 g/mol. The average molecular weight is 403 g/mol. The van der Waals surface area contributed by atoms with Crippen molar-refractivity contribution >= 4 is 37.5 Å². The highest BCUT2D eigenvalue weighted by atomic mass is 79.9. The van der Waals surface area contributed by atoms with E-state index in [2.05, 4.69) is 42.3 Å². The van der Waals surface area contributed by atoms with Gasteiger partial charge in [0.1, 0.15) is 4.47 Å². The van der Waals surface area contributed by atoms with E-state index in [-0.39, 0.29) is 18.7 Å². The summed E-state index contributed by atoms with van der Waals surface area (Å²) in [4.78, 5) is 11.9. The molecule has 1 aromatic carbocycles. The molecule has 106 valence electrons. The summed E-state index contributed by atoms with van der Waals surface area (Å²) in [5.41, 5.74) is 1.46. The lowest BCUT2D eigenvalue weighted by Gasteiger charge is -2.10. The molecule has 0 saturated heterocycles. The van der Waals surface area contributed by atoms with Crippen molar-refractivity contribution < 1.29 is 5.11 Å². The van der Waals surface area contributed by atoms with Crippen molar-refractivity contribution in [3.05, 3.63) is 55.3 Å². The van der Waals surface area contributed by atoms with Crippen molar-refractivity contribution in [3.8, 4) is 0 Å². The molecule has 20 heavy (non-hydrogen) atoms. The highest BCUT2D eigenvalue weighted by Crippen LogP contribution is 2.18. The molecule has 2 N–H and O–H groups in total. The molecule has 0 aliphatic rings. The summed E-state index contributed by atoms with van der Waals surface area (Å²) in [5.74, 6) is 0. The lowest BCUT2D eigenvalue weighted by atomic mass is 10.2. The summed E-state index contributed by atoms with van der Waals surface area (Å²) in [6.07, 6.45) is 1.57. The van der Waals surface area contributed by atoms with Crippen LogP contribution in [0.25, 0.3) is 0 Å². The maximum atomic E-state index is 11.9. The maximum Gasteiger partial charge on any atom is 0.283 e. The van der Waals surface area contributed by atoms with Gasteiger partial charge in [-0.25, -0.2) is 4.68 Å². The Morgan fingerprint density at radius 2 is 1.95 bits per heavy atom. The summed E-state index contributed by atoms with van der Waals surface area (Å²) in [6.45, 7) is 0.659. The van der Waals surface area contributed by atoms with Crippen LogP contribution in [-0.2, 0) is 13.1 Å². The highest BCUT2D eigenvalue weighted by molar-refractivity contribution is 9.10. The second-order valence-electron chi connectivity index (χ2n) is 4.10. The number of aliphatic hydroxyl groups is 1. The standard InChI is InChI=1S/C13H13Br2N3O2/c14-10-3-1-9(2-4-10)7-16-11-8-17-18(5-6-19)13(20)12(11)15/h1-4,8,16,19H,5-7H2. The minimum atomic E-state index is -0.264. The SMILES string of the molecule is O=c1c(Br)c(NCc2ccc(Br)cc2)cnn1CCO. The van der Waals surface area contributed by atoms with Gasteiger partial charge in [0.2, 0.25) is 0 Å². The minimum Gasteiger partial charge on any atom is -0.394 e. The van der Waals surface area contributed by atoms with Gasteiger partial charge in [-0.05, 0) is 33.6 Å². The molecule has 0 atom stereocenters. The highest BCUT2D eigenvalue weighted by Gasteiger charge is 2.08. The van der Waals surface area contributed by atoms with Crippen LogP contribution in [0.5, 0.6) is 0 Å². The number of benzene rings is 1. The van der Waals surface area contributed by atoms with Gasteiger partial charge in [-0.15, -0.1) is 0 Å². The molecule has 0 unspecified atom stereocenters. The van der Waals surface area contributed by atoms with Crippen molar-refractivity contribution in [2.45, 2.75) is 13.1 Å². The Morgan fingerprint density at radius 1 is 1.25 bits per heavy atom. The molecule has 0 saturated carbocycles. The number of hydrogen-bond acceptors (Lipinski definition) is 4. The summed E-state index contributed by atoms with van der Waals surface area (Å²) >= 11 is 6.64. The lowest BCUT2D eigenvalue weighted by molar-refractivity contribution is 0.266. The molecule has 2 rings (SSSR count). The van der Waals surface area contributed by atoms with Gasteiger partial charge in [0.25, 0.3) is 5.56 Å². The first-order valence-electron chi connectivity index (χ1n) is 5.96. The van der Waals surface area contributed by atoms with E-state index in [0.717, 1.165) is 10.0 Å². The molecule has 0 spiro atoms. The summed E-state index contributed by atoms with van der Waals surface area (Å²) < 4.78 is 2.66. The fourth-order valence-electron chi connectivity index (χ4n) is 1.64. The summed E-state index contributed by atoms with van der Waals surface area (Å²) in [5, 5.41) is 16.0. The summed E-state index contributed by atoms with van der Waals surface area (Å²) in [6, 6.07) is 7.91. The molecule has 1 aromatic heterocycles. The lowest BCUT2D eigenvalue weighted by Crippen LogP contribution is -2.25. The molecule has 7 heteroatoms. The number of halogens is 2. The van der Waals surface area contributed by atoms with Gasteiger partial charge in [-0.1, -0.05) is 28.1 Å². The quantitative estimate of drug-likeness (QED) is 0.805. The second-order valence-corrected chi connectivity index (χ2v) is 5.81. The van der Waals surface area contributed by atoms with E-state index in [0.29, 0.717) is 16.7 Å². The van der Waals surface area contributed by atoms with Gasteiger partial charge in [-0.2, -0.15) is 5.10 Å². The Morgan fingerprint density at radius 3 is 2.60 bits per heavy atom. The number of aromatic nitrogens is 2. The van der Waals surface area contributed by atoms with Crippen molar-refractivity contribution in [2.75, 3.05) is 11.9 Å². The third-order valence-corrected chi connectivity index (χ3v) is 3.99. The first kappa shape index (κ1) is 15.2. The van der Waals surface area contributed by atoms with Crippen molar-refractivity contribution in [1.82, 2.24) is 9.78 Å². The largest absolute Gasteiger partial charge is 0.394 e. The first-order valence-corrected chi connectivity index (χ1v) is 7.55. The normalized spacial score (nSPS) is 10.6. The number of anilines is 1. The van der Waals surface area contributed by atoms with Crippen LogP contribution in [0.1, 0.15) is 5.56 Å². The molecular formula is C13H13Br2N3O2. The third kappa shape index (κ3) is 3.68. The van der Waals surface area contributed by atoms with Crippen LogP contribution in [0, 0.1) is 0 Å². The molecule has 0 aliphatic heterocycles. The molecule has 0 radical (unpaired) electrons. The average Bonchev–Trinajstić information content (AvgIpc) is 2.45. The topological polar surface area (TPSA) is 67.2 Å². The van der Waals surface area contributed by atoms with Crippen molar-refractivity contribution in [1.29, 1.82) is 0 Å². The van der Waals surface area contributed by atoms with Gasteiger partial charge in [-0.3, -0.25) is 4.79 Å². The third-order valence-electron chi connectivity index (χ3n) is 2.69. The fraction of sp³-hybridized carbons (Fsp3) is 0.231. The van der Waals surface area contributed by atoms with Crippen LogP contribution in [0.4, 0.5) is 5.69 Å². The number of aliphatic hydroxyl groups excluding tert-OH is 1. The zero-order valence-corrected chi connectivity index (χ0v) is 13.7. The van der Waals surface area contributed by atoms with E-state index in [9.17, 15) is 4.79 Å². The van der Waals surface area contributed by atoms with Gasteiger partial charge in [0.15, 0.2) is 0 Å². The Bertz CT molecular complexity index is 641. The van der Waals surface area contributed by atoms with Gasteiger partial charge >= 0.3 is 0 Å². The zero-order chi connectivity index (χ0) is 14.5. The van der Waals surface area contributed by atoms with Gasteiger partial charge < -0.3 is 10.4 Å². The maximum absolute atomic E-state index is 11.9. The predicted molar refractivity (Wildman–Crippen MR) is 84.8 cm³/mol. The Kier molecular flexibility index (Phi) is 5.33. The van der Waals surface area contributed by atoms with E-state index >= 15 is 0 Å². The van der Waals surface area contributed by atoms with Crippen LogP contribution < -0.4 is 10.9 Å². The van der Waals surface area contributed by atoms with E-state index in [4.69, 9.17) is 5.11 Å². The van der Waals surface area contributed by atoms with E-state index in [1.807, 2.05) is 24.3 Å². The number of rotatable bonds is 5. The fourth-order valence-corrected chi connectivity index (χ4v) is 2.35. The number of nitrogens with one attached hydrogen (secondary N) is 1. The van der Waals surface area contributed by atoms with Crippen LogP contribution in [0.3, 0.4) is 0 Å². The van der Waals surface area contributed by atoms with Crippen LogP contribution in [-0.4, -0.2) is 21.5 Å². The number of nitrogens with zero attached hydrogens (tertiary/aromatic N) is 2. The van der Waals surface area contributed by atoms with Gasteiger partial charge in [0, 0.05) is 11.0 Å². The molecule has 2 aromatic rings. The minimum absolute atomic E-state index is 0.120. The summed E-state index contributed by atoms with van der Waals surface area (Å²) in [7, 11) is 0. The molecule has 0 aliphatic carbocycles. The molecule has 5 nitrogen and oxygen atoms in total. The molecule has 1 heterocycles. The number of hydrogen-bond donors (Lipinski definition) is 2. The van der Waals surface area contributed by atoms with Crippen LogP contribution >= 0.6 is 31.9 Å². The van der Waals surface area contributed by atoms with Gasteiger partial charge in [0.05, 0.1) is 25.0 Å². The zero-order valence-electron chi connectivity index (χ0n) is 10.5. The van der Waals surface area contributed by atoms with Crippen molar-refractivity contribution in [2.24, 2.45) is 0 Å². The molecule has 0 amide bonds. The Balaban J connectivity index is 2.12. The molecule has 0 bridgehead atoms. The van der Waals surface area contributed by atoms with Crippen LogP contribution in [0.2, 0.25) is 0 Å². The van der Waals surface area contributed by atoms with Crippen molar-refractivity contribution in [3.63, 3.8) is 0 Å². The molecule has 0 fully saturated rings. The Labute approximate surface area is 132 Å². The van der Waals surface area contributed by atoms with Crippen LogP contribution in [0.15, 0.2) is 44.2 Å². The second kappa shape index (κ2) is 7.01. The van der Waals surface area contributed by atoms with E-state index in [1.165, 1.54) is 4.68 Å². The van der Waals surface area contributed by atoms with E-state index in [1.54, 1.807) is 6.20 Å².